The molecule has 1 amide bonds. The Balaban J connectivity index is 1.87. The van der Waals surface area contributed by atoms with Crippen molar-refractivity contribution in [3.05, 3.63) is 64.1 Å². The van der Waals surface area contributed by atoms with Crippen molar-refractivity contribution in [2.24, 2.45) is 0 Å². The fourth-order valence-corrected chi connectivity index (χ4v) is 2.02. The van der Waals surface area contributed by atoms with Crippen molar-refractivity contribution >= 4 is 21.8 Å². The Labute approximate surface area is 119 Å². The van der Waals surface area contributed by atoms with Crippen molar-refractivity contribution in [2.75, 3.05) is 6.54 Å². The van der Waals surface area contributed by atoms with Gasteiger partial charge in [-0.3, -0.25) is 4.79 Å². The van der Waals surface area contributed by atoms with Gasteiger partial charge in [0, 0.05) is 18.3 Å². The maximum atomic E-state index is 13.0. The van der Waals surface area contributed by atoms with Crippen LogP contribution < -0.4 is 5.32 Å². The summed E-state index contributed by atoms with van der Waals surface area (Å²) in [6, 6.07) is 9.65. The second-order valence-electron chi connectivity index (χ2n) is 4.00. The maximum absolute atomic E-state index is 13.0. The highest BCUT2D eigenvalue weighted by Crippen LogP contribution is 2.08. The minimum absolute atomic E-state index is 0.167. The van der Waals surface area contributed by atoms with Crippen LogP contribution in [0.2, 0.25) is 0 Å². The van der Waals surface area contributed by atoms with Gasteiger partial charge in [-0.05, 0) is 52.2 Å². The molecule has 0 unspecified atom stereocenters. The number of rotatable bonds is 4. The van der Waals surface area contributed by atoms with Crippen LogP contribution in [0.25, 0.3) is 0 Å². The van der Waals surface area contributed by atoms with Gasteiger partial charge in [-0.2, -0.15) is 0 Å². The summed E-state index contributed by atoms with van der Waals surface area (Å²) in [4.78, 5) is 15.8. The second-order valence-corrected chi connectivity index (χ2v) is 4.82. The fraction of sp³-hybridized carbons (Fsp3) is 0.143. The summed E-state index contributed by atoms with van der Waals surface area (Å²) in [5, 5.41) is 2.78. The Morgan fingerprint density at radius 3 is 2.89 bits per heavy atom. The number of amides is 1. The molecule has 2 rings (SSSR count). The number of carbonyl (C=O) groups is 1. The largest absolute Gasteiger partial charge is 0.352 e. The number of hydrogen-bond acceptors (Lipinski definition) is 2. The minimum atomic E-state index is -0.262. The molecule has 0 aliphatic heterocycles. The number of pyridine rings is 1. The van der Waals surface area contributed by atoms with Gasteiger partial charge >= 0.3 is 0 Å². The van der Waals surface area contributed by atoms with Crippen molar-refractivity contribution in [1.29, 1.82) is 0 Å². The van der Waals surface area contributed by atoms with Gasteiger partial charge in [0.25, 0.3) is 5.91 Å². The first-order valence-corrected chi connectivity index (χ1v) is 6.58. The molecule has 5 heteroatoms. The molecule has 0 bridgehead atoms. The van der Waals surface area contributed by atoms with E-state index < -0.39 is 0 Å². The number of aromatic nitrogens is 1. The second kappa shape index (κ2) is 6.43. The van der Waals surface area contributed by atoms with E-state index in [1.54, 1.807) is 24.4 Å². The minimum Gasteiger partial charge on any atom is -0.352 e. The van der Waals surface area contributed by atoms with Gasteiger partial charge in [0.1, 0.15) is 10.4 Å². The van der Waals surface area contributed by atoms with E-state index in [0.717, 1.165) is 5.56 Å². The van der Waals surface area contributed by atoms with Gasteiger partial charge in [0.2, 0.25) is 0 Å². The molecule has 19 heavy (non-hydrogen) atoms. The van der Waals surface area contributed by atoms with Crippen LogP contribution in [-0.2, 0) is 6.42 Å². The van der Waals surface area contributed by atoms with Crippen molar-refractivity contribution in [3.8, 4) is 0 Å². The van der Waals surface area contributed by atoms with Crippen molar-refractivity contribution in [1.82, 2.24) is 10.3 Å². The first kappa shape index (κ1) is 13.7. The quantitative estimate of drug-likeness (QED) is 0.879. The van der Waals surface area contributed by atoms with Crippen LogP contribution in [0.4, 0.5) is 4.39 Å². The normalized spacial score (nSPS) is 10.2. The van der Waals surface area contributed by atoms with Crippen LogP contribution in [0.15, 0.2) is 47.2 Å². The molecule has 0 fully saturated rings. The molecule has 98 valence electrons. The zero-order valence-corrected chi connectivity index (χ0v) is 11.7. The SMILES string of the molecule is O=C(NCCc1cccc(F)c1)c1ccnc(Br)c1. The van der Waals surface area contributed by atoms with Crippen LogP contribution in [0.5, 0.6) is 0 Å². The molecule has 3 nitrogen and oxygen atoms in total. The number of benzene rings is 1. The predicted molar refractivity (Wildman–Crippen MR) is 74.4 cm³/mol. The molecular weight excluding hydrogens is 311 g/mol. The van der Waals surface area contributed by atoms with Crippen LogP contribution in [0, 0.1) is 5.82 Å². The molecule has 1 aromatic heterocycles. The van der Waals surface area contributed by atoms with E-state index in [4.69, 9.17) is 0 Å². The number of nitrogens with one attached hydrogen (secondary N) is 1. The van der Waals surface area contributed by atoms with Crippen molar-refractivity contribution < 1.29 is 9.18 Å². The molecule has 0 aliphatic rings. The van der Waals surface area contributed by atoms with E-state index in [0.29, 0.717) is 23.1 Å². The van der Waals surface area contributed by atoms with Gasteiger partial charge in [0.15, 0.2) is 0 Å². The third kappa shape index (κ3) is 4.13. The molecule has 0 saturated heterocycles. The van der Waals surface area contributed by atoms with Gasteiger partial charge in [-0.1, -0.05) is 12.1 Å². The first-order valence-electron chi connectivity index (χ1n) is 5.79. The third-order valence-corrected chi connectivity index (χ3v) is 3.01. The topological polar surface area (TPSA) is 42.0 Å². The van der Waals surface area contributed by atoms with Crippen LogP contribution in [0.1, 0.15) is 15.9 Å². The van der Waals surface area contributed by atoms with Crippen LogP contribution >= 0.6 is 15.9 Å². The zero-order chi connectivity index (χ0) is 13.7. The van der Waals surface area contributed by atoms with Gasteiger partial charge in [-0.15, -0.1) is 0 Å². The molecule has 0 spiro atoms. The summed E-state index contributed by atoms with van der Waals surface area (Å²) in [7, 11) is 0. The third-order valence-electron chi connectivity index (χ3n) is 2.58. The van der Waals surface area contributed by atoms with Gasteiger partial charge in [0.05, 0.1) is 0 Å². The van der Waals surface area contributed by atoms with E-state index in [2.05, 4.69) is 26.2 Å². The van der Waals surface area contributed by atoms with Crippen molar-refractivity contribution in [3.63, 3.8) is 0 Å². The lowest BCUT2D eigenvalue weighted by atomic mass is 10.1. The van der Waals surface area contributed by atoms with E-state index in [1.807, 2.05) is 6.07 Å². The Morgan fingerprint density at radius 1 is 1.32 bits per heavy atom. The number of nitrogens with zero attached hydrogens (tertiary/aromatic N) is 1. The summed E-state index contributed by atoms with van der Waals surface area (Å²) >= 11 is 3.21. The van der Waals surface area contributed by atoms with Crippen molar-refractivity contribution in [2.45, 2.75) is 6.42 Å². The standard InChI is InChI=1S/C14H12BrFN2O/c15-13-9-11(5-7-17-13)14(19)18-6-4-10-2-1-3-12(16)8-10/h1-3,5,7-9H,4,6H2,(H,18,19). The molecule has 0 radical (unpaired) electrons. The number of carbonyl (C=O) groups excluding carboxylic acids is 1. The van der Waals surface area contributed by atoms with E-state index >= 15 is 0 Å². The van der Waals surface area contributed by atoms with Gasteiger partial charge in [-0.25, -0.2) is 9.37 Å². The summed E-state index contributed by atoms with van der Waals surface area (Å²) < 4.78 is 13.6. The monoisotopic (exact) mass is 322 g/mol. The van der Waals surface area contributed by atoms with Crippen LogP contribution in [0.3, 0.4) is 0 Å². The van der Waals surface area contributed by atoms with Crippen LogP contribution in [-0.4, -0.2) is 17.4 Å². The molecule has 2 aromatic rings. The summed E-state index contributed by atoms with van der Waals surface area (Å²) in [6.45, 7) is 0.461. The highest BCUT2D eigenvalue weighted by atomic mass is 79.9. The maximum Gasteiger partial charge on any atom is 0.251 e. The first-order chi connectivity index (χ1) is 9.15. The Kier molecular flexibility index (Phi) is 4.63. The highest BCUT2D eigenvalue weighted by molar-refractivity contribution is 9.10. The summed E-state index contributed by atoms with van der Waals surface area (Å²) in [5.41, 5.74) is 1.40. The predicted octanol–water partition coefficient (Wildman–Crippen LogP) is 2.96. The number of hydrogen-bond donors (Lipinski definition) is 1. The smallest absolute Gasteiger partial charge is 0.251 e. The number of halogens is 2. The summed E-state index contributed by atoms with van der Waals surface area (Å²) in [6.07, 6.45) is 2.15. The molecule has 0 atom stereocenters. The molecule has 1 heterocycles. The highest BCUT2D eigenvalue weighted by Gasteiger charge is 2.05. The molecule has 0 aliphatic carbocycles. The van der Waals surface area contributed by atoms with E-state index in [1.165, 1.54) is 12.1 Å². The van der Waals surface area contributed by atoms with Gasteiger partial charge < -0.3 is 5.32 Å². The Bertz CT molecular complexity index is 589. The zero-order valence-electron chi connectivity index (χ0n) is 10.1. The fourth-order valence-electron chi connectivity index (χ4n) is 1.66. The lowest BCUT2D eigenvalue weighted by Gasteiger charge is -2.05. The molecular formula is C14H12BrFN2O. The lowest BCUT2D eigenvalue weighted by molar-refractivity contribution is 0.0954. The molecule has 1 aromatic carbocycles. The average Bonchev–Trinajstić information content (AvgIpc) is 2.38. The summed E-state index contributed by atoms with van der Waals surface area (Å²) in [5.74, 6) is -0.429. The molecule has 1 N–H and O–H groups in total. The van der Waals surface area contributed by atoms with E-state index in [9.17, 15) is 9.18 Å². The Morgan fingerprint density at radius 2 is 2.16 bits per heavy atom. The molecule has 0 saturated carbocycles. The lowest BCUT2D eigenvalue weighted by Crippen LogP contribution is -2.25. The van der Waals surface area contributed by atoms with E-state index in [-0.39, 0.29) is 11.7 Å². The average molecular weight is 323 g/mol. The Hall–Kier alpha value is -1.75.